The summed E-state index contributed by atoms with van der Waals surface area (Å²) < 4.78 is 38.5. The molecule has 1 N–H and O–H groups in total. The molecule has 0 radical (unpaired) electrons. The number of benzene rings is 2. The highest BCUT2D eigenvalue weighted by Crippen LogP contribution is 2.24. The first-order chi connectivity index (χ1) is 12.7. The average molecular weight is 392 g/mol. The fourth-order valence-electron chi connectivity index (χ4n) is 2.74. The highest BCUT2D eigenvalue weighted by Gasteiger charge is 2.20. The molecule has 0 aliphatic rings. The summed E-state index contributed by atoms with van der Waals surface area (Å²) in [6, 6.07) is 11.7. The number of anilines is 1. The summed E-state index contributed by atoms with van der Waals surface area (Å²) in [4.78, 5) is 12.1. The van der Waals surface area contributed by atoms with Crippen LogP contribution in [0.3, 0.4) is 0 Å². The lowest BCUT2D eigenvalue weighted by molar-refractivity contribution is -0.120. The van der Waals surface area contributed by atoms with E-state index in [-0.39, 0.29) is 24.7 Å². The standard InChI is InChI=1S/C20H25FN2O3S/c1-15-4-5-16(2)19(14-15)23(27(3,25)26)13-11-20(24)22-12-10-17-6-8-18(21)9-7-17/h4-9,14H,10-13H2,1-3H3,(H,22,24). The average Bonchev–Trinajstić information content (AvgIpc) is 2.58. The second-order valence-electron chi connectivity index (χ2n) is 6.60. The zero-order valence-electron chi connectivity index (χ0n) is 15.8. The number of aryl methyl sites for hydroxylation is 2. The Morgan fingerprint density at radius 1 is 1.11 bits per heavy atom. The number of amides is 1. The minimum atomic E-state index is -3.50. The van der Waals surface area contributed by atoms with E-state index in [4.69, 9.17) is 0 Å². The van der Waals surface area contributed by atoms with Gasteiger partial charge in [0.25, 0.3) is 0 Å². The Labute approximate surface area is 160 Å². The number of sulfonamides is 1. The van der Waals surface area contributed by atoms with Crippen LogP contribution in [-0.2, 0) is 21.2 Å². The summed E-state index contributed by atoms with van der Waals surface area (Å²) in [6.45, 7) is 4.22. The number of nitrogens with one attached hydrogen (secondary N) is 1. The van der Waals surface area contributed by atoms with Gasteiger partial charge in [-0.25, -0.2) is 12.8 Å². The molecule has 1 amide bonds. The van der Waals surface area contributed by atoms with Crippen LogP contribution in [0.1, 0.15) is 23.1 Å². The van der Waals surface area contributed by atoms with Crippen LogP contribution in [0.4, 0.5) is 10.1 Å². The van der Waals surface area contributed by atoms with E-state index in [9.17, 15) is 17.6 Å². The van der Waals surface area contributed by atoms with Gasteiger partial charge in [-0.1, -0.05) is 24.3 Å². The summed E-state index contributed by atoms with van der Waals surface area (Å²) >= 11 is 0. The van der Waals surface area contributed by atoms with Crippen LogP contribution in [-0.4, -0.2) is 33.7 Å². The quantitative estimate of drug-likeness (QED) is 0.751. The number of carbonyl (C=O) groups excluding carboxylic acids is 1. The van der Waals surface area contributed by atoms with Crippen molar-refractivity contribution in [3.63, 3.8) is 0 Å². The lowest BCUT2D eigenvalue weighted by atomic mass is 10.1. The molecule has 0 heterocycles. The molecule has 2 aromatic rings. The summed E-state index contributed by atoms with van der Waals surface area (Å²) in [5.41, 5.74) is 3.30. The molecule has 0 aromatic heterocycles. The van der Waals surface area contributed by atoms with Gasteiger partial charge in [0.1, 0.15) is 5.82 Å². The third kappa shape index (κ3) is 6.36. The highest BCUT2D eigenvalue weighted by atomic mass is 32.2. The van der Waals surface area contributed by atoms with Crippen molar-refractivity contribution in [2.24, 2.45) is 0 Å². The van der Waals surface area contributed by atoms with Crippen LogP contribution in [0.5, 0.6) is 0 Å². The van der Waals surface area contributed by atoms with E-state index in [0.29, 0.717) is 18.7 Å². The van der Waals surface area contributed by atoms with Gasteiger partial charge in [0, 0.05) is 19.5 Å². The molecule has 0 fully saturated rings. The minimum absolute atomic E-state index is 0.0594. The van der Waals surface area contributed by atoms with Gasteiger partial charge < -0.3 is 5.32 Å². The van der Waals surface area contributed by atoms with Gasteiger partial charge in [-0.05, 0) is 55.2 Å². The van der Waals surface area contributed by atoms with Crippen molar-refractivity contribution >= 4 is 21.6 Å². The molecule has 0 atom stereocenters. The fraction of sp³-hybridized carbons (Fsp3) is 0.350. The summed E-state index contributed by atoms with van der Waals surface area (Å²) in [6.07, 6.45) is 1.78. The Balaban J connectivity index is 1.93. The predicted molar refractivity (Wildman–Crippen MR) is 106 cm³/mol. The topological polar surface area (TPSA) is 66.5 Å². The fourth-order valence-corrected chi connectivity index (χ4v) is 3.72. The molecule has 0 unspecified atom stereocenters. The maximum absolute atomic E-state index is 12.9. The molecular weight excluding hydrogens is 367 g/mol. The van der Waals surface area contributed by atoms with Crippen LogP contribution in [0.2, 0.25) is 0 Å². The van der Waals surface area contributed by atoms with Crippen LogP contribution in [0.15, 0.2) is 42.5 Å². The molecule has 0 saturated carbocycles. The normalized spacial score (nSPS) is 11.3. The number of hydrogen-bond acceptors (Lipinski definition) is 3. The van der Waals surface area contributed by atoms with Crippen molar-refractivity contribution in [2.45, 2.75) is 26.7 Å². The van der Waals surface area contributed by atoms with E-state index in [1.807, 2.05) is 32.0 Å². The van der Waals surface area contributed by atoms with Crippen molar-refractivity contribution < 1.29 is 17.6 Å². The van der Waals surface area contributed by atoms with E-state index in [1.54, 1.807) is 12.1 Å². The summed E-state index contributed by atoms with van der Waals surface area (Å²) in [5.74, 6) is -0.522. The maximum atomic E-state index is 12.9. The highest BCUT2D eigenvalue weighted by molar-refractivity contribution is 7.92. The Hall–Kier alpha value is -2.41. The number of hydrogen-bond donors (Lipinski definition) is 1. The molecule has 7 heteroatoms. The second-order valence-corrected chi connectivity index (χ2v) is 8.51. The Morgan fingerprint density at radius 2 is 1.78 bits per heavy atom. The van der Waals surface area contributed by atoms with Gasteiger partial charge in [0.05, 0.1) is 11.9 Å². The van der Waals surface area contributed by atoms with Crippen molar-refractivity contribution in [1.29, 1.82) is 0 Å². The van der Waals surface area contributed by atoms with Gasteiger partial charge in [0.15, 0.2) is 0 Å². The minimum Gasteiger partial charge on any atom is -0.356 e. The van der Waals surface area contributed by atoms with Crippen molar-refractivity contribution in [3.8, 4) is 0 Å². The monoisotopic (exact) mass is 392 g/mol. The van der Waals surface area contributed by atoms with Gasteiger partial charge in [0.2, 0.25) is 15.9 Å². The molecule has 0 saturated heterocycles. The van der Waals surface area contributed by atoms with E-state index in [0.717, 1.165) is 22.9 Å². The smallest absolute Gasteiger partial charge is 0.232 e. The van der Waals surface area contributed by atoms with Crippen molar-refractivity contribution in [1.82, 2.24) is 5.32 Å². The van der Waals surface area contributed by atoms with Crippen LogP contribution in [0.25, 0.3) is 0 Å². The molecule has 27 heavy (non-hydrogen) atoms. The summed E-state index contributed by atoms with van der Waals surface area (Å²) in [7, 11) is -3.50. The Bertz CT molecular complexity index is 896. The zero-order chi connectivity index (χ0) is 20.0. The van der Waals surface area contributed by atoms with Crippen LogP contribution in [0, 0.1) is 19.7 Å². The lowest BCUT2D eigenvalue weighted by Gasteiger charge is -2.24. The predicted octanol–water partition coefficient (Wildman–Crippen LogP) is 2.96. The zero-order valence-corrected chi connectivity index (χ0v) is 16.6. The lowest BCUT2D eigenvalue weighted by Crippen LogP contribution is -2.35. The second kappa shape index (κ2) is 8.99. The molecule has 0 aliphatic carbocycles. The molecular formula is C20H25FN2O3S. The molecule has 2 rings (SSSR count). The number of halogens is 1. The Kier molecular flexibility index (Phi) is 6.96. The molecule has 0 aliphatic heterocycles. The molecule has 0 bridgehead atoms. The third-order valence-corrected chi connectivity index (χ3v) is 5.40. The number of nitrogens with zero attached hydrogens (tertiary/aromatic N) is 1. The first-order valence-electron chi connectivity index (χ1n) is 8.73. The van der Waals surface area contributed by atoms with E-state index >= 15 is 0 Å². The first kappa shape index (κ1) is 20.9. The van der Waals surface area contributed by atoms with Crippen LogP contribution >= 0.6 is 0 Å². The van der Waals surface area contributed by atoms with Gasteiger partial charge in [-0.3, -0.25) is 9.10 Å². The van der Waals surface area contributed by atoms with E-state index in [1.165, 1.54) is 16.4 Å². The van der Waals surface area contributed by atoms with Crippen LogP contribution < -0.4 is 9.62 Å². The molecule has 5 nitrogen and oxygen atoms in total. The molecule has 2 aromatic carbocycles. The van der Waals surface area contributed by atoms with E-state index < -0.39 is 10.0 Å². The third-order valence-electron chi connectivity index (χ3n) is 4.22. The molecule has 146 valence electrons. The first-order valence-corrected chi connectivity index (χ1v) is 10.6. The number of rotatable bonds is 8. The van der Waals surface area contributed by atoms with Gasteiger partial charge >= 0.3 is 0 Å². The summed E-state index contributed by atoms with van der Waals surface area (Å²) in [5, 5.41) is 2.78. The SMILES string of the molecule is Cc1ccc(C)c(N(CCC(=O)NCCc2ccc(F)cc2)S(C)(=O)=O)c1. The van der Waals surface area contributed by atoms with Gasteiger partial charge in [-0.15, -0.1) is 0 Å². The van der Waals surface area contributed by atoms with Crippen molar-refractivity contribution in [2.75, 3.05) is 23.7 Å². The largest absolute Gasteiger partial charge is 0.356 e. The Morgan fingerprint density at radius 3 is 2.41 bits per heavy atom. The maximum Gasteiger partial charge on any atom is 0.232 e. The molecule has 0 spiro atoms. The van der Waals surface area contributed by atoms with E-state index in [2.05, 4.69) is 5.32 Å². The van der Waals surface area contributed by atoms with Crippen molar-refractivity contribution in [3.05, 3.63) is 65.0 Å². The number of carbonyl (C=O) groups is 1. The van der Waals surface area contributed by atoms with Gasteiger partial charge in [-0.2, -0.15) is 0 Å².